The first-order chi connectivity index (χ1) is 30.7. The molecule has 0 bridgehead atoms. The number of hydrogen-bond acceptors (Lipinski definition) is 12. The molecule has 8 aromatic rings. The van der Waals surface area contributed by atoms with Gasteiger partial charge in [-0.05, 0) is 118 Å². The number of anilines is 4. The van der Waals surface area contributed by atoms with Crippen molar-refractivity contribution in [2.75, 3.05) is 36.8 Å². The van der Waals surface area contributed by atoms with Crippen LogP contribution in [0.15, 0.2) is 92.0 Å². The number of nitrogens with one attached hydrogen (secondary N) is 4. The Hall–Kier alpha value is -6.38. The summed E-state index contributed by atoms with van der Waals surface area (Å²) in [5.41, 5.74) is 8.11. The van der Waals surface area contributed by atoms with E-state index in [9.17, 15) is 0 Å². The molecule has 2 saturated carbocycles. The van der Waals surface area contributed by atoms with E-state index >= 15 is 0 Å². The molecule has 10 heterocycles. The first kappa shape index (κ1) is 38.5. The standard InChI is InChI=1S/C24H27N7.C24H25N7/c2*1-2-4-18(3-1)31-21-15-26-12-9-19(21)20-14-28-24(30-23(20)31)29-22-6-5-17(13-27-22)16-7-10-25-11-8-16/h5-6,9,12-16,18,25H,1-4,7-8,10-11H2,(H,27,28,29,30);5-7,9,12-15,18,25H,1-4,8,10-11H2,(H,27,28,29,30). The van der Waals surface area contributed by atoms with Crippen LogP contribution in [0.25, 0.3) is 49.4 Å². The molecule has 0 spiro atoms. The number of rotatable bonds is 8. The van der Waals surface area contributed by atoms with Crippen molar-refractivity contribution in [3.8, 4) is 0 Å². The van der Waals surface area contributed by atoms with Gasteiger partial charge in [0.1, 0.15) is 22.9 Å². The van der Waals surface area contributed by atoms with E-state index in [2.05, 4.69) is 90.6 Å². The fraction of sp³-hybridized carbons (Fsp3) is 0.375. The topological polar surface area (TPSA) is 161 Å². The third-order valence-electron chi connectivity index (χ3n) is 13.3. The molecule has 14 nitrogen and oxygen atoms in total. The van der Waals surface area contributed by atoms with Crippen LogP contribution in [0.5, 0.6) is 0 Å². The van der Waals surface area contributed by atoms with Crippen LogP contribution >= 0.6 is 0 Å². The minimum absolute atomic E-state index is 0.475. The molecule has 3 fully saturated rings. The Morgan fingerprint density at radius 2 is 1.11 bits per heavy atom. The van der Waals surface area contributed by atoms with Crippen LogP contribution in [0.3, 0.4) is 0 Å². The highest BCUT2D eigenvalue weighted by Gasteiger charge is 2.25. The van der Waals surface area contributed by atoms with Gasteiger partial charge in [-0.25, -0.2) is 19.9 Å². The van der Waals surface area contributed by atoms with Crippen molar-refractivity contribution < 1.29 is 0 Å². The first-order valence-corrected chi connectivity index (χ1v) is 22.5. The molecule has 2 aliphatic heterocycles. The lowest BCUT2D eigenvalue weighted by Gasteiger charge is -2.22. The van der Waals surface area contributed by atoms with Crippen LogP contribution < -0.4 is 21.3 Å². The van der Waals surface area contributed by atoms with E-state index in [1.54, 1.807) is 0 Å². The van der Waals surface area contributed by atoms with Gasteiger partial charge in [-0.2, -0.15) is 9.97 Å². The van der Waals surface area contributed by atoms with Crippen molar-refractivity contribution in [1.29, 1.82) is 0 Å². The van der Waals surface area contributed by atoms with E-state index in [1.807, 2.05) is 61.7 Å². The fourth-order valence-electron chi connectivity index (χ4n) is 10.2. The molecular formula is C48H52N14. The van der Waals surface area contributed by atoms with Gasteiger partial charge >= 0.3 is 0 Å². The minimum Gasteiger partial charge on any atom is -0.321 e. The summed E-state index contributed by atoms with van der Waals surface area (Å²) in [6.07, 6.45) is 30.9. The Bertz CT molecular complexity index is 2860. The number of hydrogen-bond donors (Lipinski definition) is 4. The maximum Gasteiger partial charge on any atom is 0.230 e. The number of fused-ring (bicyclic) bond motifs is 6. The van der Waals surface area contributed by atoms with E-state index in [0.29, 0.717) is 29.9 Å². The largest absolute Gasteiger partial charge is 0.321 e. The highest BCUT2D eigenvalue weighted by atomic mass is 15.2. The SMILES string of the molecule is C1=C(c2ccc(Nc3ncc4c5ccncc5n(C5CCCC5)c4n3)nc2)CCNC1.c1cc2c3cnc(Nc4ccc(C5CCNCC5)cn4)nc3n(C3CCCC3)c2cn1. The van der Waals surface area contributed by atoms with Crippen LogP contribution in [0.4, 0.5) is 23.5 Å². The van der Waals surface area contributed by atoms with E-state index in [4.69, 9.17) is 9.97 Å². The van der Waals surface area contributed by atoms with Crippen LogP contribution in [-0.2, 0) is 0 Å². The monoisotopic (exact) mass is 824 g/mol. The quantitative estimate of drug-likeness (QED) is 0.115. The van der Waals surface area contributed by atoms with E-state index in [-0.39, 0.29) is 0 Å². The van der Waals surface area contributed by atoms with Gasteiger partial charge in [-0.15, -0.1) is 0 Å². The molecule has 4 aliphatic rings. The second kappa shape index (κ2) is 17.2. The number of pyridine rings is 4. The second-order valence-electron chi connectivity index (χ2n) is 17.1. The lowest BCUT2D eigenvalue weighted by atomic mass is 9.91. The lowest BCUT2D eigenvalue weighted by molar-refractivity contribution is 0.459. The highest BCUT2D eigenvalue weighted by Crippen LogP contribution is 2.39. The third kappa shape index (κ3) is 7.62. The predicted octanol–water partition coefficient (Wildman–Crippen LogP) is 9.31. The Kier molecular flexibility index (Phi) is 10.7. The van der Waals surface area contributed by atoms with E-state index in [0.717, 1.165) is 77.3 Å². The Balaban J connectivity index is 0.000000139. The Labute approximate surface area is 360 Å². The zero-order valence-corrected chi connectivity index (χ0v) is 35.0. The summed E-state index contributed by atoms with van der Waals surface area (Å²) >= 11 is 0. The van der Waals surface area contributed by atoms with Gasteiger partial charge in [0.2, 0.25) is 11.9 Å². The van der Waals surface area contributed by atoms with Crippen LogP contribution in [0, 0.1) is 0 Å². The minimum atomic E-state index is 0.475. The molecule has 0 aromatic carbocycles. The van der Waals surface area contributed by atoms with Gasteiger partial charge < -0.3 is 30.4 Å². The molecule has 62 heavy (non-hydrogen) atoms. The molecule has 12 rings (SSSR count). The summed E-state index contributed by atoms with van der Waals surface area (Å²) in [7, 11) is 0. The van der Waals surface area contributed by atoms with Gasteiger partial charge in [0.25, 0.3) is 0 Å². The average molecular weight is 825 g/mol. The molecule has 0 amide bonds. The molecule has 4 N–H and O–H groups in total. The Morgan fingerprint density at radius 1 is 0.532 bits per heavy atom. The average Bonchev–Trinajstić information content (AvgIpc) is 4.17. The molecule has 8 aromatic heterocycles. The maximum atomic E-state index is 4.93. The third-order valence-corrected chi connectivity index (χ3v) is 13.3. The molecule has 1 saturated heterocycles. The lowest BCUT2D eigenvalue weighted by Crippen LogP contribution is -2.26. The van der Waals surface area contributed by atoms with Crippen LogP contribution in [-0.4, -0.2) is 75.2 Å². The summed E-state index contributed by atoms with van der Waals surface area (Å²) < 4.78 is 4.75. The summed E-state index contributed by atoms with van der Waals surface area (Å²) in [6, 6.07) is 13.4. The summed E-state index contributed by atoms with van der Waals surface area (Å²) in [5.74, 6) is 3.30. The van der Waals surface area contributed by atoms with Gasteiger partial charge in [0, 0.05) is 77.4 Å². The van der Waals surface area contributed by atoms with Crippen molar-refractivity contribution in [3.05, 3.63) is 103 Å². The first-order valence-electron chi connectivity index (χ1n) is 22.5. The number of nitrogens with zero attached hydrogens (tertiary/aromatic N) is 10. The van der Waals surface area contributed by atoms with Crippen molar-refractivity contribution in [2.24, 2.45) is 0 Å². The molecule has 14 heteroatoms. The van der Waals surface area contributed by atoms with Gasteiger partial charge in [-0.1, -0.05) is 37.8 Å². The molecular weight excluding hydrogens is 773 g/mol. The van der Waals surface area contributed by atoms with Gasteiger partial charge in [-0.3, -0.25) is 9.97 Å². The number of aromatic nitrogens is 10. The van der Waals surface area contributed by atoms with E-state index in [1.165, 1.54) is 91.7 Å². The van der Waals surface area contributed by atoms with Crippen molar-refractivity contribution in [1.82, 2.24) is 59.6 Å². The van der Waals surface area contributed by atoms with Gasteiger partial charge in [0.15, 0.2) is 0 Å². The molecule has 0 radical (unpaired) electrons. The predicted molar refractivity (Wildman–Crippen MR) is 246 cm³/mol. The summed E-state index contributed by atoms with van der Waals surface area (Å²) in [5, 5.41) is 17.9. The molecule has 0 atom stereocenters. The fourth-order valence-corrected chi connectivity index (χ4v) is 10.2. The van der Waals surface area contributed by atoms with Crippen LogP contribution in [0.1, 0.15) is 99.8 Å². The summed E-state index contributed by atoms with van der Waals surface area (Å²) in [6.45, 7) is 4.12. The zero-order valence-electron chi connectivity index (χ0n) is 35.0. The maximum absolute atomic E-state index is 4.93. The normalized spacial score (nSPS) is 17.8. The molecule has 0 unspecified atom stereocenters. The molecule has 314 valence electrons. The van der Waals surface area contributed by atoms with Crippen LogP contribution in [0.2, 0.25) is 0 Å². The van der Waals surface area contributed by atoms with Crippen molar-refractivity contribution in [3.63, 3.8) is 0 Å². The number of piperidine rings is 1. The zero-order chi connectivity index (χ0) is 41.2. The van der Waals surface area contributed by atoms with E-state index < -0.39 is 0 Å². The highest BCUT2D eigenvalue weighted by molar-refractivity contribution is 6.07. The summed E-state index contributed by atoms with van der Waals surface area (Å²) in [4.78, 5) is 37.0. The van der Waals surface area contributed by atoms with Gasteiger partial charge in [0.05, 0.1) is 23.4 Å². The Morgan fingerprint density at radius 3 is 1.63 bits per heavy atom. The smallest absolute Gasteiger partial charge is 0.230 e. The second-order valence-corrected chi connectivity index (χ2v) is 17.1. The van der Waals surface area contributed by atoms with Crippen molar-refractivity contribution >= 4 is 73.0 Å². The van der Waals surface area contributed by atoms with Crippen molar-refractivity contribution in [2.45, 2.75) is 88.6 Å². The molecule has 2 aliphatic carbocycles.